The van der Waals surface area contributed by atoms with E-state index in [-0.39, 0.29) is 11.9 Å². The average molecular weight is 412 g/mol. The van der Waals surface area contributed by atoms with E-state index in [0.29, 0.717) is 18.2 Å². The van der Waals surface area contributed by atoms with Gasteiger partial charge in [0.1, 0.15) is 11.6 Å². The number of hydrogen-bond acceptors (Lipinski definition) is 3. The Morgan fingerprint density at radius 3 is 2.60 bits per heavy atom. The smallest absolute Gasteiger partial charge is 0.191 e. The quantitative estimate of drug-likeness (QED) is 0.483. The van der Waals surface area contributed by atoms with Gasteiger partial charge >= 0.3 is 0 Å². The number of imidazole rings is 1. The Labute approximate surface area is 177 Å². The van der Waals surface area contributed by atoms with E-state index in [0.717, 1.165) is 23.5 Å². The first kappa shape index (κ1) is 21.5. The van der Waals surface area contributed by atoms with Gasteiger partial charge in [-0.1, -0.05) is 6.07 Å². The number of aromatic nitrogens is 4. The van der Waals surface area contributed by atoms with Crippen LogP contribution in [0.5, 0.6) is 0 Å². The van der Waals surface area contributed by atoms with Gasteiger partial charge in [0.2, 0.25) is 0 Å². The molecule has 2 N–H and O–H groups in total. The normalized spacial score (nSPS) is 12.8. The molecule has 0 amide bonds. The summed E-state index contributed by atoms with van der Waals surface area (Å²) in [7, 11) is 3.69. The van der Waals surface area contributed by atoms with Crippen LogP contribution in [0.25, 0.3) is 5.69 Å². The molecule has 1 atom stereocenters. The van der Waals surface area contributed by atoms with Crippen LogP contribution in [-0.2, 0) is 20.0 Å². The Bertz CT molecular complexity index is 1050. The molecular weight excluding hydrogens is 381 g/mol. The molecule has 7 nitrogen and oxygen atoms in total. The summed E-state index contributed by atoms with van der Waals surface area (Å²) in [5, 5.41) is 11.1. The first-order valence-corrected chi connectivity index (χ1v) is 10.0. The molecule has 0 saturated carbocycles. The van der Waals surface area contributed by atoms with E-state index in [2.05, 4.69) is 39.6 Å². The number of guanidine groups is 1. The highest BCUT2D eigenvalue weighted by Crippen LogP contribution is 2.17. The molecule has 0 radical (unpaired) electrons. The number of halogens is 1. The van der Waals surface area contributed by atoms with E-state index in [1.165, 1.54) is 11.3 Å². The highest BCUT2D eigenvalue weighted by Gasteiger charge is 2.14. The predicted molar refractivity (Wildman–Crippen MR) is 117 cm³/mol. The van der Waals surface area contributed by atoms with Crippen LogP contribution in [0.2, 0.25) is 0 Å². The SMILES string of the molecule is CN=C(NCc1ccc(-n2ccnc2C)c(F)c1)NC(C)Cc1c(C)nn(C)c1C. The fourth-order valence-electron chi connectivity index (χ4n) is 3.57. The van der Waals surface area contributed by atoms with E-state index in [4.69, 9.17) is 0 Å². The van der Waals surface area contributed by atoms with Gasteiger partial charge in [0.25, 0.3) is 0 Å². The van der Waals surface area contributed by atoms with Crippen molar-refractivity contribution in [2.45, 2.75) is 46.7 Å². The fourth-order valence-corrected chi connectivity index (χ4v) is 3.57. The number of nitrogens with one attached hydrogen (secondary N) is 2. The maximum atomic E-state index is 14.6. The lowest BCUT2D eigenvalue weighted by molar-refractivity contribution is 0.611. The molecule has 1 unspecified atom stereocenters. The van der Waals surface area contributed by atoms with Gasteiger partial charge in [-0.3, -0.25) is 9.67 Å². The second-order valence-electron chi connectivity index (χ2n) is 7.58. The van der Waals surface area contributed by atoms with Crippen molar-refractivity contribution in [3.8, 4) is 5.69 Å². The van der Waals surface area contributed by atoms with Gasteiger partial charge in [-0.05, 0) is 57.4 Å². The monoisotopic (exact) mass is 411 g/mol. The standard InChI is InChI=1S/C22H30FN7/c1-14(11-19-15(2)28-29(6)16(19)3)27-22(24-5)26-13-18-7-8-21(20(23)12-18)30-10-9-25-17(30)4/h7-10,12,14H,11,13H2,1-6H3,(H2,24,26,27). The average Bonchev–Trinajstić information content (AvgIpc) is 3.23. The van der Waals surface area contributed by atoms with Gasteiger partial charge in [0.05, 0.1) is 11.4 Å². The maximum absolute atomic E-state index is 14.6. The zero-order valence-corrected chi connectivity index (χ0v) is 18.5. The summed E-state index contributed by atoms with van der Waals surface area (Å²) in [6, 6.07) is 5.39. The lowest BCUT2D eigenvalue weighted by atomic mass is 10.1. The fraction of sp³-hybridized carbons (Fsp3) is 0.409. The van der Waals surface area contributed by atoms with Crippen LogP contribution >= 0.6 is 0 Å². The molecule has 0 aliphatic rings. The van der Waals surface area contributed by atoms with Crippen molar-refractivity contribution < 1.29 is 4.39 Å². The van der Waals surface area contributed by atoms with Crippen LogP contribution in [0.4, 0.5) is 4.39 Å². The van der Waals surface area contributed by atoms with Crippen LogP contribution in [0, 0.1) is 26.6 Å². The number of rotatable bonds is 6. The molecule has 1 aromatic carbocycles. The highest BCUT2D eigenvalue weighted by molar-refractivity contribution is 5.79. The van der Waals surface area contributed by atoms with Crippen molar-refractivity contribution in [3.63, 3.8) is 0 Å². The Morgan fingerprint density at radius 2 is 2.03 bits per heavy atom. The van der Waals surface area contributed by atoms with E-state index in [9.17, 15) is 4.39 Å². The summed E-state index contributed by atoms with van der Waals surface area (Å²) in [6.45, 7) is 8.54. The molecule has 0 fully saturated rings. The van der Waals surface area contributed by atoms with Crippen LogP contribution in [0.1, 0.15) is 35.3 Å². The molecule has 160 valence electrons. The molecule has 3 rings (SSSR count). The van der Waals surface area contributed by atoms with Crippen molar-refractivity contribution in [2.24, 2.45) is 12.0 Å². The zero-order valence-electron chi connectivity index (χ0n) is 18.5. The van der Waals surface area contributed by atoms with E-state index >= 15 is 0 Å². The molecule has 0 aliphatic heterocycles. The molecule has 8 heteroatoms. The number of aliphatic imine (C=N–C) groups is 1. The van der Waals surface area contributed by atoms with Crippen molar-refractivity contribution in [1.29, 1.82) is 0 Å². The van der Waals surface area contributed by atoms with Crippen molar-refractivity contribution in [1.82, 2.24) is 30.0 Å². The van der Waals surface area contributed by atoms with E-state index in [1.807, 2.05) is 31.6 Å². The minimum absolute atomic E-state index is 0.168. The summed E-state index contributed by atoms with van der Waals surface area (Å²) >= 11 is 0. The lowest BCUT2D eigenvalue weighted by Gasteiger charge is -2.18. The summed E-state index contributed by atoms with van der Waals surface area (Å²) in [6.07, 6.45) is 4.26. The second kappa shape index (κ2) is 9.11. The Balaban J connectivity index is 1.60. The molecule has 3 aromatic rings. The largest absolute Gasteiger partial charge is 0.354 e. The lowest BCUT2D eigenvalue weighted by Crippen LogP contribution is -2.42. The van der Waals surface area contributed by atoms with Gasteiger partial charge in [0.15, 0.2) is 5.96 Å². The zero-order chi connectivity index (χ0) is 21.8. The number of hydrogen-bond donors (Lipinski definition) is 2. The van der Waals surface area contributed by atoms with Crippen LogP contribution in [0.15, 0.2) is 35.6 Å². The summed E-state index contributed by atoms with van der Waals surface area (Å²) in [5.74, 6) is 1.14. The first-order chi connectivity index (χ1) is 14.3. The third-order valence-corrected chi connectivity index (χ3v) is 5.33. The number of benzene rings is 1. The third-order valence-electron chi connectivity index (χ3n) is 5.33. The Hall–Kier alpha value is -3.16. The molecule has 0 bridgehead atoms. The molecule has 2 aromatic heterocycles. The number of aryl methyl sites for hydroxylation is 3. The summed E-state index contributed by atoms with van der Waals surface area (Å²) in [4.78, 5) is 8.45. The van der Waals surface area contributed by atoms with Gasteiger partial charge in [0, 0.05) is 44.8 Å². The molecule has 0 spiro atoms. The minimum atomic E-state index is -0.283. The van der Waals surface area contributed by atoms with Crippen molar-refractivity contribution in [3.05, 3.63) is 64.7 Å². The summed E-state index contributed by atoms with van der Waals surface area (Å²) in [5.41, 5.74) is 4.80. The van der Waals surface area contributed by atoms with Gasteiger partial charge in [-0.15, -0.1) is 0 Å². The predicted octanol–water partition coefficient (Wildman–Crippen LogP) is 2.97. The van der Waals surface area contributed by atoms with E-state index in [1.54, 1.807) is 36.1 Å². The Morgan fingerprint density at radius 1 is 1.27 bits per heavy atom. The topological polar surface area (TPSA) is 72.1 Å². The van der Waals surface area contributed by atoms with Gasteiger partial charge in [-0.25, -0.2) is 9.37 Å². The molecule has 30 heavy (non-hydrogen) atoms. The van der Waals surface area contributed by atoms with Gasteiger partial charge in [-0.2, -0.15) is 5.10 Å². The Kier molecular flexibility index (Phi) is 6.54. The number of nitrogens with zero attached hydrogens (tertiary/aromatic N) is 5. The van der Waals surface area contributed by atoms with Crippen molar-refractivity contribution >= 4 is 5.96 Å². The van der Waals surface area contributed by atoms with Crippen LogP contribution in [0.3, 0.4) is 0 Å². The van der Waals surface area contributed by atoms with Crippen molar-refractivity contribution in [2.75, 3.05) is 7.05 Å². The van der Waals surface area contributed by atoms with Crippen LogP contribution < -0.4 is 10.6 Å². The molecule has 2 heterocycles. The van der Waals surface area contributed by atoms with Crippen LogP contribution in [-0.4, -0.2) is 38.4 Å². The highest BCUT2D eigenvalue weighted by atomic mass is 19.1. The molecule has 0 saturated heterocycles. The summed E-state index contributed by atoms with van der Waals surface area (Å²) < 4.78 is 18.2. The minimum Gasteiger partial charge on any atom is -0.354 e. The third kappa shape index (κ3) is 4.69. The van der Waals surface area contributed by atoms with E-state index < -0.39 is 0 Å². The molecular formula is C22H30FN7. The maximum Gasteiger partial charge on any atom is 0.191 e. The molecule has 0 aliphatic carbocycles. The first-order valence-electron chi connectivity index (χ1n) is 10.0. The van der Waals surface area contributed by atoms with Gasteiger partial charge < -0.3 is 15.2 Å². The second-order valence-corrected chi connectivity index (χ2v) is 7.58.